The van der Waals surface area contributed by atoms with Crippen molar-refractivity contribution >= 4 is 5.78 Å². The molecule has 4 aliphatic rings. The Hall–Kier alpha value is -1.25. The monoisotopic (exact) mass is 318 g/mol. The summed E-state index contributed by atoms with van der Waals surface area (Å²) in [5.41, 5.74) is 1.24. The number of allylic oxidation sites excluding steroid dienone is 5. The first-order valence-electron chi connectivity index (χ1n) is 8.83. The van der Waals surface area contributed by atoms with Crippen molar-refractivity contribution in [1.29, 1.82) is 0 Å². The summed E-state index contributed by atoms with van der Waals surface area (Å²) >= 11 is 0. The Bertz CT molecular complexity index is 655. The second-order valence-corrected chi connectivity index (χ2v) is 8.47. The molecular formula is C20H24F2O. The van der Waals surface area contributed by atoms with E-state index in [1.807, 2.05) is 6.08 Å². The molecular weight excluding hydrogens is 294 g/mol. The zero-order valence-electron chi connectivity index (χ0n) is 13.9. The summed E-state index contributed by atoms with van der Waals surface area (Å²) in [6.45, 7) is 4.46. The minimum Gasteiger partial charge on any atom is -0.290 e. The van der Waals surface area contributed by atoms with Crippen LogP contribution < -0.4 is 0 Å². The first-order chi connectivity index (χ1) is 10.8. The van der Waals surface area contributed by atoms with Gasteiger partial charge < -0.3 is 0 Å². The molecule has 3 heteroatoms. The van der Waals surface area contributed by atoms with Crippen molar-refractivity contribution < 1.29 is 13.6 Å². The SMILES string of the molecule is C[C@@]12CCC[C@H]1[C@@H]1C(=C(F)F)CC3=CC(=O)C=C[C@]3(C)[C@H]1CC2. The number of rotatable bonds is 0. The number of halogens is 2. The molecule has 4 aliphatic carbocycles. The minimum absolute atomic E-state index is 0.0127. The van der Waals surface area contributed by atoms with Gasteiger partial charge in [0.05, 0.1) is 0 Å². The topological polar surface area (TPSA) is 17.1 Å². The van der Waals surface area contributed by atoms with Crippen LogP contribution in [0.5, 0.6) is 0 Å². The van der Waals surface area contributed by atoms with E-state index in [1.54, 1.807) is 12.2 Å². The highest BCUT2D eigenvalue weighted by Gasteiger charge is 2.57. The van der Waals surface area contributed by atoms with Crippen LogP contribution in [0.2, 0.25) is 0 Å². The third kappa shape index (κ3) is 2.04. The fourth-order valence-corrected chi connectivity index (χ4v) is 6.14. The molecule has 0 aromatic heterocycles. The van der Waals surface area contributed by atoms with E-state index in [0.29, 0.717) is 11.5 Å². The average molecular weight is 318 g/mol. The summed E-state index contributed by atoms with van der Waals surface area (Å²) in [6, 6.07) is 0. The van der Waals surface area contributed by atoms with Crippen molar-refractivity contribution in [2.24, 2.45) is 28.6 Å². The van der Waals surface area contributed by atoms with Gasteiger partial charge >= 0.3 is 0 Å². The van der Waals surface area contributed by atoms with E-state index in [2.05, 4.69) is 13.8 Å². The molecule has 3 saturated carbocycles. The molecule has 5 atom stereocenters. The average Bonchev–Trinajstić information content (AvgIpc) is 2.89. The highest BCUT2D eigenvalue weighted by molar-refractivity contribution is 6.01. The van der Waals surface area contributed by atoms with Crippen LogP contribution in [0.15, 0.2) is 35.5 Å². The van der Waals surface area contributed by atoms with Crippen molar-refractivity contribution in [1.82, 2.24) is 0 Å². The number of fused-ring (bicyclic) bond motifs is 5. The van der Waals surface area contributed by atoms with Crippen LogP contribution in [0.1, 0.15) is 52.4 Å². The third-order valence-electron chi connectivity index (χ3n) is 7.45. The number of carbonyl (C=O) groups excluding carboxylic acids is 1. The lowest BCUT2D eigenvalue weighted by molar-refractivity contribution is -0.110. The number of ketones is 1. The molecule has 0 unspecified atom stereocenters. The molecule has 0 aromatic rings. The summed E-state index contributed by atoms with van der Waals surface area (Å²) in [5, 5.41) is 0. The molecule has 0 heterocycles. The number of hydrogen-bond donors (Lipinski definition) is 0. The minimum atomic E-state index is -1.50. The van der Waals surface area contributed by atoms with E-state index in [0.717, 1.165) is 24.8 Å². The van der Waals surface area contributed by atoms with Gasteiger partial charge in [0.2, 0.25) is 0 Å². The van der Waals surface area contributed by atoms with Gasteiger partial charge in [-0.15, -0.1) is 0 Å². The fourth-order valence-electron chi connectivity index (χ4n) is 6.14. The van der Waals surface area contributed by atoms with Gasteiger partial charge in [0.15, 0.2) is 5.78 Å². The maximum atomic E-state index is 13.8. The molecule has 0 amide bonds. The highest BCUT2D eigenvalue weighted by atomic mass is 19.3. The Morgan fingerprint density at radius 1 is 1.17 bits per heavy atom. The largest absolute Gasteiger partial charge is 0.290 e. The van der Waals surface area contributed by atoms with E-state index < -0.39 is 6.08 Å². The highest BCUT2D eigenvalue weighted by Crippen LogP contribution is 2.66. The Morgan fingerprint density at radius 3 is 2.70 bits per heavy atom. The zero-order valence-corrected chi connectivity index (χ0v) is 13.9. The Morgan fingerprint density at radius 2 is 1.96 bits per heavy atom. The molecule has 0 aromatic carbocycles. The normalized spacial score (nSPS) is 45.2. The first kappa shape index (κ1) is 15.3. The van der Waals surface area contributed by atoms with Crippen LogP contribution in [-0.4, -0.2) is 5.78 Å². The summed E-state index contributed by atoms with van der Waals surface area (Å²) in [6.07, 6.45) is 9.58. The van der Waals surface area contributed by atoms with Crippen molar-refractivity contribution in [3.63, 3.8) is 0 Å². The molecule has 1 nitrogen and oxygen atoms in total. The molecule has 0 bridgehead atoms. The molecule has 3 fully saturated rings. The van der Waals surface area contributed by atoms with Crippen LogP contribution in [0, 0.1) is 28.6 Å². The van der Waals surface area contributed by atoms with Crippen LogP contribution in [-0.2, 0) is 4.79 Å². The summed E-state index contributed by atoms with van der Waals surface area (Å²) in [5.74, 6) is 0.513. The van der Waals surface area contributed by atoms with E-state index in [9.17, 15) is 13.6 Å². The molecule has 0 spiro atoms. The molecule has 124 valence electrons. The Labute approximate surface area is 136 Å². The summed E-state index contributed by atoms with van der Waals surface area (Å²) in [7, 11) is 0. The number of hydrogen-bond acceptors (Lipinski definition) is 1. The maximum absolute atomic E-state index is 13.8. The first-order valence-corrected chi connectivity index (χ1v) is 8.83. The van der Waals surface area contributed by atoms with Gasteiger partial charge in [0.25, 0.3) is 6.08 Å². The molecule has 0 saturated heterocycles. The van der Waals surface area contributed by atoms with Crippen molar-refractivity contribution in [3.8, 4) is 0 Å². The van der Waals surface area contributed by atoms with E-state index in [-0.39, 0.29) is 34.9 Å². The van der Waals surface area contributed by atoms with Gasteiger partial charge in [-0.3, -0.25) is 4.79 Å². The van der Waals surface area contributed by atoms with Crippen molar-refractivity contribution in [2.75, 3.05) is 0 Å². The predicted molar refractivity (Wildman–Crippen MR) is 85.9 cm³/mol. The van der Waals surface area contributed by atoms with Crippen molar-refractivity contribution in [2.45, 2.75) is 52.4 Å². The van der Waals surface area contributed by atoms with Crippen LogP contribution in [0.25, 0.3) is 0 Å². The lowest BCUT2D eigenvalue weighted by Gasteiger charge is -2.56. The van der Waals surface area contributed by atoms with Gasteiger partial charge in [0, 0.05) is 11.0 Å². The quantitative estimate of drug-likeness (QED) is 0.581. The molecule has 0 radical (unpaired) electrons. The predicted octanol–water partition coefficient (Wildman–Crippen LogP) is 5.44. The standard InChI is InChI=1S/C20H24F2O/c1-19-7-3-4-15(19)17-14(18(21)22)11-12-10-13(23)5-9-20(12,2)16(17)6-8-19/h5,9-10,15-17H,3-4,6-8,11H2,1-2H3/t15-,16-,17-,19-,20-/m0/s1. The zero-order chi connectivity index (χ0) is 16.4. The second kappa shape index (κ2) is 4.87. The van der Waals surface area contributed by atoms with Crippen molar-refractivity contribution in [3.05, 3.63) is 35.5 Å². The maximum Gasteiger partial charge on any atom is 0.270 e. The van der Waals surface area contributed by atoms with Crippen LogP contribution >= 0.6 is 0 Å². The van der Waals surface area contributed by atoms with Gasteiger partial charge in [-0.05, 0) is 67.4 Å². The van der Waals surface area contributed by atoms with Crippen LogP contribution in [0.3, 0.4) is 0 Å². The lowest BCUT2D eigenvalue weighted by atomic mass is 9.47. The van der Waals surface area contributed by atoms with Gasteiger partial charge in [-0.25, -0.2) is 0 Å². The number of carbonyl (C=O) groups is 1. The van der Waals surface area contributed by atoms with E-state index in [1.165, 1.54) is 12.8 Å². The lowest BCUT2D eigenvalue weighted by Crippen LogP contribution is -2.49. The summed E-state index contributed by atoms with van der Waals surface area (Å²) < 4.78 is 27.6. The van der Waals surface area contributed by atoms with E-state index >= 15 is 0 Å². The molecule has 23 heavy (non-hydrogen) atoms. The third-order valence-corrected chi connectivity index (χ3v) is 7.45. The summed E-state index contributed by atoms with van der Waals surface area (Å²) in [4.78, 5) is 11.8. The molecule has 0 aliphatic heterocycles. The Kier molecular flexibility index (Phi) is 3.24. The second-order valence-electron chi connectivity index (χ2n) is 8.47. The van der Waals surface area contributed by atoms with E-state index in [4.69, 9.17) is 0 Å². The van der Waals surface area contributed by atoms with Gasteiger partial charge in [-0.2, -0.15) is 8.78 Å². The molecule has 4 rings (SSSR count). The van der Waals surface area contributed by atoms with Crippen LogP contribution in [0.4, 0.5) is 8.78 Å². The molecule has 0 N–H and O–H groups in total. The fraction of sp³-hybridized carbons (Fsp3) is 0.650. The van der Waals surface area contributed by atoms with Gasteiger partial charge in [-0.1, -0.05) is 31.9 Å². The van der Waals surface area contributed by atoms with Gasteiger partial charge in [0.1, 0.15) is 0 Å². The smallest absolute Gasteiger partial charge is 0.270 e. The Balaban J connectivity index is 1.84.